The van der Waals surface area contributed by atoms with Gasteiger partial charge in [0.1, 0.15) is 24.0 Å². The van der Waals surface area contributed by atoms with Crippen molar-refractivity contribution in [3.05, 3.63) is 41.8 Å². The average Bonchev–Trinajstić information content (AvgIpc) is 3.21. The Morgan fingerprint density at radius 3 is 3.13 bits per heavy atom. The molecule has 1 aromatic carbocycles. The summed E-state index contributed by atoms with van der Waals surface area (Å²) in [5, 5.41) is 5.19. The van der Waals surface area contributed by atoms with Gasteiger partial charge in [-0.05, 0) is 23.6 Å². The van der Waals surface area contributed by atoms with Gasteiger partial charge >= 0.3 is 0 Å². The highest BCUT2D eigenvalue weighted by molar-refractivity contribution is 7.17. The lowest BCUT2D eigenvalue weighted by molar-refractivity contribution is 0.141. The standard InChI is InChI=1S/C16H14FN3O2S/c17-10-1-2-12(14(7-10)22-11-3-5-21-8-11)20-16-15-13(4-6-23-15)18-9-19-16/h1-2,4,6-7,9,11H,3,5,8H2,(H,18,19,20). The van der Waals surface area contributed by atoms with Gasteiger partial charge in [-0.2, -0.15) is 0 Å². The Balaban J connectivity index is 1.66. The molecule has 1 aliphatic rings. The van der Waals surface area contributed by atoms with Gasteiger partial charge in [-0.1, -0.05) is 0 Å². The molecular weight excluding hydrogens is 317 g/mol. The molecular formula is C16H14FN3O2S. The zero-order chi connectivity index (χ0) is 15.6. The summed E-state index contributed by atoms with van der Waals surface area (Å²) >= 11 is 1.55. The van der Waals surface area contributed by atoms with Crippen molar-refractivity contribution < 1.29 is 13.9 Å². The van der Waals surface area contributed by atoms with Gasteiger partial charge in [0.25, 0.3) is 0 Å². The van der Waals surface area contributed by atoms with Gasteiger partial charge in [0.05, 0.1) is 29.1 Å². The highest BCUT2D eigenvalue weighted by Crippen LogP contribution is 2.33. The summed E-state index contributed by atoms with van der Waals surface area (Å²) in [6.07, 6.45) is 2.26. The van der Waals surface area contributed by atoms with Gasteiger partial charge in [-0.15, -0.1) is 11.3 Å². The van der Waals surface area contributed by atoms with Gasteiger partial charge in [0, 0.05) is 12.5 Å². The van der Waals surface area contributed by atoms with Crippen LogP contribution in [0.2, 0.25) is 0 Å². The summed E-state index contributed by atoms with van der Waals surface area (Å²) in [7, 11) is 0. The average molecular weight is 331 g/mol. The molecule has 0 amide bonds. The molecule has 118 valence electrons. The minimum Gasteiger partial charge on any atom is -0.486 e. The second-order valence-electron chi connectivity index (χ2n) is 5.23. The van der Waals surface area contributed by atoms with E-state index in [4.69, 9.17) is 9.47 Å². The van der Waals surface area contributed by atoms with Crippen molar-refractivity contribution in [1.82, 2.24) is 9.97 Å². The van der Waals surface area contributed by atoms with Gasteiger partial charge in [-0.25, -0.2) is 14.4 Å². The zero-order valence-corrected chi connectivity index (χ0v) is 13.0. The van der Waals surface area contributed by atoms with Crippen LogP contribution < -0.4 is 10.1 Å². The first kappa shape index (κ1) is 14.3. The fourth-order valence-corrected chi connectivity index (χ4v) is 3.28. The number of hydrogen-bond acceptors (Lipinski definition) is 6. The molecule has 0 spiro atoms. The Kier molecular flexibility index (Phi) is 3.80. The molecule has 0 bridgehead atoms. The molecule has 1 saturated heterocycles. The van der Waals surface area contributed by atoms with Crippen molar-refractivity contribution in [3.63, 3.8) is 0 Å². The second-order valence-corrected chi connectivity index (χ2v) is 6.14. The molecule has 3 heterocycles. The fourth-order valence-electron chi connectivity index (χ4n) is 2.49. The number of nitrogens with one attached hydrogen (secondary N) is 1. The van der Waals surface area contributed by atoms with Crippen LogP contribution in [0.4, 0.5) is 15.9 Å². The molecule has 2 aromatic heterocycles. The second kappa shape index (κ2) is 6.10. The van der Waals surface area contributed by atoms with Crippen LogP contribution in [0.3, 0.4) is 0 Å². The minimum atomic E-state index is -0.339. The van der Waals surface area contributed by atoms with Crippen molar-refractivity contribution in [3.8, 4) is 5.75 Å². The SMILES string of the molecule is Fc1ccc(Nc2ncnc3ccsc23)c(OC2CCOC2)c1. The van der Waals surface area contributed by atoms with Crippen molar-refractivity contribution in [1.29, 1.82) is 0 Å². The Hall–Kier alpha value is -2.25. The van der Waals surface area contributed by atoms with Crippen LogP contribution in [0.15, 0.2) is 36.0 Å². The Labute approximate surface area is 136 Å². The van der Waals surface area contributed by atoms with Crippen LogP contribution >= 0.6 is 11.3 Å². The van der Waals surface area contributed by atoms with E-state index < -0.39 is 0 Å². The van der Waals surface area contributed by atoms with E-state index in [1.807, 2.05) is 11.4 Å². The molecule has 4 rings (SSSR count). The number of nitrogens with zero attached hydrogens (tertiary/aromatic N) is 2. The molecule has 1 aliphatic heterocycles. The molecule has 5 nitrogen and oxygen atoms in total. The minimum absolute atomic E-state index is 0.0514. The van der Waals surface area contributed by atoms with Crippen LogP contribution in [0, 0.1) is 5.82 Å². The molecule has 7 heteroatoms. The first-order valence-electron chi connectivity index (χ1n) is 7.29. The highest BCUT2D eigenvalue weighted by atomic mass is 32.1. The number of ether oxygens (including phenoxy) is 2. The molecule has 1 atom stereocenters. The number of hydrogen-bond donors (Lipinski definition) is 1. The third-order valence-electron chi connectivity index (χ3n) is 3.62. The maximum absolute atomic E-state index is 13.6. The van der Waals surface area contributed by atoms with Crippen molar-refractivity contribution in [2.75, 3.05) is 18.5 Å². The third-order valence-corrected chi connectivity index (χ3v) is 4.53. The topological polar surface area (TPSA) is 56.3 Å². The van der Waals surface area contributed by atoms with Crippen molar-refractivity contribution in [2.24, 2.45) is 0 Å². The maximum atomic E-state index is 13.6. The largest absolute Gasteiger partial charge is 0.486 e. The lowest BCUT2D eigenvalue weighted by Crippen LogP contribution is -2.16. The lowest BCUT2D eigenvalue weighted by atomic mass is 10.2. The quantitative estimate of drug-likeness (QED) is 0.789. The van der Waals surface area contributed by atoms with Crippen LogP contribution in [0.5, 0.6) is 5.75 Å². The number of aromatic nitrogens is 2. The van der Waals surface area contributed by atoms with E-state index in [9.17, 15) is 4.39 Å². The first-order valence-corrected chi connectivity index (χ1v) is 8.17. The number of anilines is 2. The molecule has 3 aromatic rings. The molecule has 1 unspecified atom stereocenters. The Morgan fingerprint density at radius 1 is 1.30 bits per heavy atom. The summed E-state index contributed by atoms with van der Waals surface area (Å²) < 4.78 is 25.7. The molecule has 0 saturated carbocycles. The predicted octanol–water partition coefficient (Wildman–Crippen LogP) is 3.74. The number of fused-ring (bicyclic) bond motifs is 1. The third kappa shape index (κ3) is 2.97. The van der Waals surface area contributed by atoms with Gasteiger partial charge in [0.2, 0.25) is 0 Å². The van der Waals surface area contributed by atoms with Gasteiger partial charge in [-0.3, -0.25) is 0 Å². The fraction of sp³-hybridized carbons (Fsp3) is 0.250. The molecule has 1 N–H and O–H groups in total. The number of halogens is 1. The number of rotatable bonds is 4. The predicted molar refractivity (Wildman–Crippen MR) is 86.9 cm³/mol. The summed E-state index contributed by atoms with van der Waals surface area (Å²) in [4.78, 5) is 8.50. The van der Waals surface area contributed by atoms with Crippen LogP contribution in [0.1, 0.15) is 6.42 Å². The van der Waals surface area contributed by atoms with Gasteiger partial charge < -0.3 is 14.8 Å². The number of thiophene rings is 1. The highest BCUT2D eigenvalue weighted by Gasteiger charge is 2.19. The first-order chi connectivity index (χ1) is 11.3. The van der Waals surface area contributed by atoms with Crippen molar-refractivity contribution >= 4 is 33.1 Å². The van der Waals surface area contributed by atoms with E-state index in [0.717, 1.165) is 16.6 Å². The Bertz CT molecular complexity index is 833. The summed E-state index contributed by atoms with van der Waals surface area (Å²) in [6, 6.07) is 6.37. The van der Waals surface area contributed by atoms with E-state index >= 15 is 0 Å². The van der Waals surface area contributed by atoms with Crippen LogP contribution in [-0.4, -0.2) is 29.3 Å². The smallest absolute Gasteiger partial charge is 0.151 e. The van der Waals surface area contributed by atoms with E-state index in [1.54, 1.807) is 17.4 Å². The molecule has 23 heavy (non-hydrogen) atoms. The van der Waals surface area contributed by atoms with E-state index in [2.05, 4.69) is 15.3 Å². The van der Waals surface area contributed by atoms with Crippen LogP contribution in [0.25, 0.3) is 10.2 Å². The summed E-state index contributed by atoms with van der Waals surface area (Å²) in [5.74, 6) is 0.807. The Morgan fingerprint density at radius 2 is 2.26 bits per heavy atom. The van der Waals surface area contributed by atoms with E-state index in [-0.39, 0.29) is 11.9 Å². The monoisotopic (exact) mass is 331 g/mol. The van der Waals surface area contributed by atoms with E-state index in [1.165, 1.54) is 18.5 Å². The summed E-state index contributed by atoms with van der Waals surface area (Å²) in [6.45, 7) is 1.20. The zero-order valence-electron chi connectivity index (χ0n) is 12.2. The number of benzene rings is 1. The molecule has 0 aliphatic carbocycles. The van der Waals surface area contributed by atoms with E-state index in [0.29, 0.717) is 30.5 Å². The van der Waals surface area contributed by atoms with Crippen LogP contribution in [-0.2, 0) is 4.74 Å². The maximum Gasteiger partial charge on any atom is 0.151 e. The normalized spacial score (nSPS) is 17.5. The summed E-state index contributed by atoms with van der Waals surface area (Å²) in [5.41, 5.74) is 1.55. The molecule has 0 radical (unpaired) electrons. The molecule has 1 fully saturated rings. The van der Waals surface area contributed by atoms with Crippen molar-refractivity contribution in [2.45, 2.75) is 12.5 Å². The lowest BCUT2D eigenvalue weighted by Gasteiger charge is -2.16. The van der Waals surface area contributed by atoms with Gasteiger partial charge in [0.15, 0.2) is 5.82 Å².